The minimum Gasteiger partial charge on any atom is -0.368 e. The molecule has 1 aromatic heterocycles. The Hall–Kier alpha value is -3.03. The third kappa shape index (κ3) is 3.60. The van der Waals surface area contributed by atoms with Gasteiger partial charge in [0.25, 0.3) is 0 Å². The number of benzene rings is 2. The SMILES string of the molecule is N#Cc1c(-c2ccccc2)cc(Cl)nc1N1CCN(c2ccccc2)CC1. The smallest absolute Gasteiger partial charge is 0.149 e. The maximum Gasteiger partial charge on any atom is 0.149 e. The summed E-state index contributed by atoms with van der Waals surface area (Å²) in [4.78, 5) is 9.02. The van der Waals surface area contributed by atoms with Crippen LogP contribution in [0.2, 0.25) is 5.15 Å². The molecule has 134 valence electrons. The predicted octanol–water partition coefficient (Wildman–Crippen LogP) is 4.60. The molecule has 1 aliphatic heterocycles. The van der Waals surface area contributed by atoms with Gasteiger partial charge >= 0.3 is 0 Å². The van der Waals surface area contributed by atoms with E-state index in [9.17, 15) is 5.26 Å². The van der Waals surface area contributed by atoms with Gasteiger partial charge in [0.05, 0.1) is 0 Å². The first kappa shape index (κ1) is 17.4. The van der Waals surface area contributed by atoms with Crippen LogP contribution in [0.4, 0.5) is 11.5 Å². The number of rotatable bonds is 3. The van der Waals surface area contributed by atoms with Crippen molar-refractivity contribution in [2.75, 3.05) is 36.0 Å². The Balaban J connectivity index is 1.63. The number of para-hydroxylation sites is 1. The van der Waals surface area contributed by atoms with Gasteiger partial charge in [0.2, 0.25) is 0 Å². The van der Waals surface area contributed by atoms with Gasteiger partial charge in [-0.1, -0.05) is 60.1 Å². The molecule has 2 aromatic carbocycles. The van der Waals surface area contributed by atoms with Crippen molar-refractivity contribution in [2.24, 2.45) is 0 Å². The molecule has 1 saturated heterocycles. The van der Waals surface area contributed by atoms with Gasteiger partial charge in [-0.15, -0.1) is 0 Å². The van der Waals surface area contributed by atoms with Crippen molar-refractivity contribution in [3.8, 4) is 17.2 Å². The van der Waals surface area contributed by atoms with Crippen LogP contribution >= 0.6 is 11.6 Å². The molecule has 0 saturated carbocycles. The normalized spacial score (nSPS) is 14.1. The molecule has 2 heterocycles. The molecule has 3 aromatic rings. The average molecular weight is 375 g/mol. The quantitative estimate of drug-likeness (QED) is 0.628. The first-order chi connectivity index (χ1) is 13.3. The van der Waals surface area contributed by atoms with Gasteiger partial charge in [-0.3, -0.25) is 0 Å². The second-order valence-corrected chi connectivity index (χ2v) is 6.87. The highest BCUT2D eigenvalue weighted by Crippen LogP contribution is 2.32. The highest BCUT2D eigenvalue weighted by molar-refractivity contribution is 6.30. The van der Waals surface area contributed by atoms with E-state index in [0.717, 1.165) is 37.3 Å². The van der Waals surface area contributed by atoms with Gasteiger partial charge in [-0.05, 0) is 23.8 Å². The number of nitriles is 1. The van der Waals surface area contributed by atoms with Gasteiger partial charge in [0.15, 0.2) is 0 Å². The minimum atomic E-state index is 0.411. The lowest BCUT2D eigenvalue weighted by molar-refractivity contribution is 0.647. The molecular weight excluding hydrogens is 356 g/mol. The van der Waals surface area contributed by atoms with Crippen LogP contribution < -0.4 is 9.80 Å². The first-order valence-electron chi connectivity index (χ1n) is 8.97. The van der Waals surface area contributed by atoms with Gasteiger partial charge in [0, 0.05) is 37.4 Å². The second-order valence-electron chi connectivity index (χ2n) is 6.48. The Bertz CT molecular complexity index is 959. The monoisotopic (exact) mass is 374 g/mol. The van der Waals surface area contributed by atoms with Gasteiger partial charge < -0.3 is 9.80 Å². The number of anilines is 2. The lowest BCUT2D eigenvalue weighted by atomic mass is 10.0. The molecule has 0 aliphatic carbocycles. The third-order valence-corrected chi connectivity index (χ3v) is 5.06. The molecule has 1 aliphatic rings. The molecule has 5 heteroatoms. The molecule has 0 bridgehead atoms. The van der Waals surface area contributed by atoms with Crippen LogP contribution in [0.25, 0.3) is 11.1 Å². The molecule has 0 spiro atoms. The Labute approximate surface area is 164 Å². The predicted molar refractivity (Wildman–Crippen MR) is 110 cm³/mol. The summed E-state index contributed by atoms with van der Waals surface area (Å²) in [6.07, 6.45) is 0. The second kappa shape index (κ2) is 7.69. The van der Waals surface area contributed by atoms with E-state index < -0.39 is 0 Å². The number of hydrogen-bond donors (Lipinski definition) is 0. The number of pyridine rings is 1. The largest absolute Gasteiger partial charge is 0.368 e. The summed E-state index contributed by atoms with van der Waals surface area (Å²) in [5.74, 6) is 0.677. The fraction of sp³-hybridized carbons (Fsp3) is 0.182. The fourth-order valence-corrected chi connectivity index (χ4v) is 3.69. The maximum absolute atomic E-state index is 9.84. The van der Waals surface area contributed by atoms with Crippen molar-refractivity contribution in [2.45, 2.75) is 0 Å². The first-order valence-corrected chi connectivity index (χ1v) is 9.35. The van der Waals surface area contributed by atoms with Crippen LogP contribution in [0.1, 0.15) is 5.56 Å². The Kier molecular flexibility index (Phi) is 4.95. The molecular formula is C22H19ClN4. The highest BCUT2D eigenvalue weighted by atomic mass is 35.5. The summed E-state index contributed by atoms with van der Waals surface area (Å²) in [6, 6.07) is 24.4. The van der Waals surface area contributed by atoms with Crippen molar-refractivity contribution < 1.29 is 0 Å². The maximum atomic E-state index is 9.84. The van der Waals surface area contributed by atoms with Crippen LogP contribution in [-0.2, 0) is 0 Å². The number of hydrogen-bond acceptors (Lipinski definition) is 4. The lowest BCUT2D eigenvalue weighted by Crippen LogP contribution is -2.47. The third-order valence-electron chi connectivity index (χ3n) is 4.87. The molecule has 0 N–H and O–H groups in total. The van der Waals surface area contributed by atoms with Crippen LogP contribution in [0, 0.1) is 11.3 Å². The molecule has 1 fully saturated rings. The zero-order chi connectivity index (χ0) is 18.6. The molecule has 4 nitrogen and oxygen atoms in total. The Morgan fingerprint density at radius 1 is 0.852 bits per heavy atom. The van der Waals surface area contributed by atoms with Gasteiger partial charge in [0.1, 0.15) is 22.6 Å². The van der Waals surface area contributed by atoms with E-state index in [1.54, 1.807) is 6.07 Å². The standard InChI is InChI=1S/C22H19ClN4/c23-21-15-19(17-7-3-1-4-8-17)20(16-24)22(25-21)27-13-11-26(12-14-27)18-9-5-2-6-10-18/h1-10,15H,11-14H2. The summed E-state index contributed by atoms with van der Waals surface area (Å²) < 4.78 is 0. The Morgan fingerprint density at radius 2 is 1.44 bits per heavy atom. The number of halogens is 1. The van der Waals surface area contributed by atoms with Crippen molar-refractivity contribution in [3.05, 3.63) is 77.4 Å². The van der Waals surface area contributed by atoms with Crippen LogP contribution in [0.15, 0.2) is 66.7 Å². The summed E-state index contributed by atoms with van der Waals surface area (Å²) in [6.45, 7) is 3.35. The molecule has 0 radical (unpaired) electrons. The lowest BCUT2D eigenvalue weighted by Gasteiger charge is -2.37. The highest BCUT2D eigenvalue weighted by Gasteiger charge is 2.23. The summed E-state index contributed by atoms with van der Waals surface area (Å²) in [7, 11) is 0. The van der Waals surface area contributed by atoms with Gasteiger partial charge in [-0.2, -0.15) is 5.26 Å². The minimum absolute atomic E-state index is 0.411. The number of nitrogens with zero attached hydrogens (tertiary/aromatic N) is 4. The van der Waals surface area contributed by atoms with Crippen molar-refractivity contribution in [1.82, 2.24) is 4.98 Å². The van der Waals surface area contributed by atoms with Crippen molar-refractivity contribution >= 4 is 23.1 Å². The summed E-state index contributed by atoms with van der Waals surface area (Å²) in [5.41, 5.74) is 3.61. The zero-order valence-electron chi connectivity index (χ0n) is 14.8. The van der Waals surface area contributed by atoms with Gasteiger partial charge in [-0.25, -0.2) is 4.98 Å². The molecule has 4 rings (SSSR count). The van der Waals surface area contributed by atoms with Crippen LogP contribution in [-0.4, -0.2) is 31.2 Å². The van der Waals surface area contributed by atoms with Crippen LogP contribution in [0.5, 0.6) is 0 Å². The van der Waals surface area contributed by atoms with Crippen molar-refractivity contribution in [1.29, 1.82) is 5.26 Å². The summed E-state index contributed by atoms with van der Waals surface area (Å²) in [5, 5.41) is 10.3. The zero-order valence-corrected chi connectivity index (χ0v) is 15.6. The van der Waals surface area contributed by atoms with Crippen LogP contribution in [0.3, 0.4) is 0 Å². The van der Waals surface area contributed by atoms with E-state index in [0.29, 0.717) is 16.5 Å². The topological polar surface area (TPSA) is 43.2 Å². The molecule has 27 heavy (non-hydrogen) atoms. The van der Waals surface area contributed by atoms with E-state index >= 15 is 0 Å². The summed E-state index contributed by atoms with van der Waals surface area (Å²) >= 11 is 6.32. The van der Waals surface area contributed by atoms with E-state index in [1.807, 2.05) is 36.4 Å². The number of aromatic nitrogens is 1. The fourth-order valence-electron chi connectivity index (χ4n) is 3.50. The molecule has 0 unspecified atom stereocenters. The van der Waals surface area contributed by atoms with Crippen molar-refractivity contribution in [3.63, 3.8) is 0 Å². The molecule has 0 atom stereocenters. The Morgan fingerprint density at radius 3 is 2.07 bits per heavy atom. The average Bonchev–Trinajstić information content (AvgIpc) is 2.74. The number of piperazine rings is 1. The van der Waals surface area contributed by atoms with E-state index in [1.165, 1.54) is 5.69 Å². The van der Waals surface area contributed by atoms with E-state index in [2.05, 4.69) is 45.1 Å². The van der Waals surface area contributed by atoms with E-state index in [4.69, 9.17) is 11.6 Å². The van der Waals surface area contributed by atoms with E-state index in [-0.39, 0.29) is 0 Å². The molecule has 0 amide bonds.